The highest BCUT2D eigenvalue weighted by Crippen LogP contribution is 2.19. The van der Waals surface area contributed by atoms with Gasteiger partial charge in [0.1, 0.15) is 12.1 Å². The van der Waals surface area contributed by atoms with Crippen molar-refractivity contribution in [2.75, 3.05) is 32.5 Å². The maximum absolute atomic E-state index is 12.5. The smallest absolute Gasteiger partial charge is 0.248 e. The van der Waals surface area contributed by atoms with Gasteiger partial charge in [0.15, 0.2) is 0 Å². The molecule has 1 unspecified atom stereocenters. The van der Waals surface area contributed by atoms with Crippen LogP contribution in [-0.4, -0.2) is 53.7 Å². The fourth-order valence-corrected chi connectivity index (χ4v) is 2.31. The van der Waals surface area contributed by atoms with Crippen LogP contribution >= 0.6 is 24.8 Å². The van der Waals surface area contributed by atoms with Crippen molar-refractivity contribution in [3.8, 4) is 0 Å². The normalized spacial score (nSPS) is 12.3. The molecular weight excluding hydrogens is 403 g/mol. The van der Waals surface area contributed by atoms with Crippen LogP contribution in [0.3, 0.4) is 0 Å². The summed E-state index contributed by atoms with van der Waals surface area (Å²) in [4.78, 5) is 26.4. The Balaban J connectivity index is 0.00000364. The van der Waals surface area contributed by atoms with Crippen LogP contribution in [0, 0.1) is 0 Å². The fourth-order valence-electron chi connectivity index (χ4n) is 2.31. The van der Waals surface area contributed by atoms with Gasteiger partial charge in [-0.25, -0.2) is 0 Å². The van der Waals surface area contributed by atoms with Gasteiger partial charge >= 0.3 is 0 Å². The van der Waals surface area contributed by atoms with E-state index in [4.69, 9.17) is 5.73 Å². The van der Waals surface area contributed by atoms with Crippen LogP contribution in [0.4, 0.5) is 5.69 Å². The molecule has 1 atom stereocenters. The third kappa shape index (κ3) is 7.47. The van der Waals surface area contributed by atoms with Gasteiger partial charge in [-0.2, -0.15) is 5.10 Å². The van der Waals surface area contributed by atoms with Crippen molar-refractivity contribution in [1.29, 1.82) is 0 Å². The molecule has 28 heavy (non-hydrogen) atoms. The molecule has 1 heterocycles. The number of carbonyl (C=O) groups excluding carboxylic acids is 2. The average molecular weight is 431 g/mol. The molecule has 2 rings (SSSR count). The highest BCUT2D eigenvalue weighted by Gasteiger charge is 2.30. The molecule has 0 spiro atoms. The predicted molar refractivity (Wildman–Crippen MR) is 115 cm³/mol. The minimum Gasteiger partial charge on any atom is -0.353 e. The van der Waals surface area contributed by atoms with Crippen molar-refractivity contribution in [2.24, 2.45) is 5.73 Å². The van der Waals surface area contributed by atoms with E-state index in [1.165, 1.54) is 10.9 Å². The monoisotopic (exact) mass is 430 g/mol. The Bertz CT molecular complexity index is 750. The Morgan fingerprint density at radius 1 is 1.21 bits per heavy atom. The van der Waals surface area contributed by atoms with Gasteiger partial charge in [-0.3, -0.25) is 14.3 Å². The van der Waals surface area contributed by atoms with Crippen LogP contribution in [0.5, 0.6) is 0 Å². The molecule has 156 valence electrons. The molecule has 0 radical (unpaired) electrons. The standard InChI is InChI=1S/C18H26N6O2.2ClH/c1-18(19,14-7-5-4-6-8-14)17(26)22-15-11-21-24(12-15)13-16(25)20-9-10-23(2)3;;/h4-8,11-12H,9-10,13,19H2,1-3H3,(H,20,25)(H,22,26);2*1H. The van der Waals surface area contributed by atoms with Crippen molar-refractivity contribution in [3.63, 3.8) is 0 Å². The molecule has 8 nitrogen and oxygen atoms in total. The van der Waals surface area contributed by atoms with Crippen molar-refractivity contribution in [1.82, 2.24) is 20.0 Å². The summed E-state index contributed by atoms with van der Waals surface area (Å²) in [6.07, 6.45) is 3.09. The first kappa shape index (κ1) is 25.9. The molecule has 10 heteroatoms. The molecule has 0 aliphatic rings. The van der Waals surface area contributed by atoms with Gasteiger partial charge in [0.05, 0.1) is 11.9 Å². The van der Waals surface area contributed by atoms with E-state index in [1.807, 2.05) is 37.2 Å². The third-order valence-corrected chi connectivity index (χ3v) is 3.92. The van der Waals surface area contributed by atoms with Gasteiger partial charge < -0.3 is 21.3 Å². The van der Waals surface area contributed by atoms with Gasteiger partial charge in [0.2, 0.25) is 11.8 Å². The van der Waals surface area contributed by atoms with Crippen LogP contribution in [-0.2, 0) is 21.7 Å². The van der Waals surface area contributed by atoms with Crippen LogP contribution in [0.25, 0.3) is 0 Å². The summed E-state index contributed by atoms with van der Waals surface area (Å²) in [5.74, 6) is -0.487. The molecule has 0 saturated heterocycles. The lowest BCUT2D eigenvalue weighted by molar-refractivity contribution is -0.122. The van der Waals surface area contributed by atoms with E-state index in [2.05, 4.69) is 15.7 Å². The van der Waals surface area contributed by atoms with Gasteiger partial charge in [-0.05, 0) is 26.6 Å². The number of anilines is 1. The van der Waals surface area contributed by atoms with E-state index >= 15 is 0 Å². The van der Waals surface area contributed by atoms with Gasteiger partial charge in [-0.15, -0.1) is 24.8 Å². The minimum absolute atomic E-state index is 0. The third-order valence-electron chi connectivity index (χ3n) is 3.92. The number of hydrogen-bond acceptors (Lipinski definition) is 5. The lowest BCUT2D eigenvalue weighted by atomic mass is 9.92. The molecule has 2 amide bonds. The fraction of sp³-hybridized carbons (Fsp3) is 0.389. The summed E-state index contributed by atoms with van der Waals surface area (Å²) in [7, 11) is 3.88. The molecule has 0 fully saturated rings. The maximum Gasteiger partial charge on any atom is 0.248 e. The first-order valence-corrected chi connectivity index (χ1v) is 8.39. The van der Waals surface area contributed by atoms with Crippen LogP contribution in [0.1, 0.15) is 12.5 Å². The number of carbonyl (C=O) groups is 2. The quantitative estimate of drug-likeness (QED) is 0.583. The molecule has 0 aliphatic heterocycles. The molecular formula is C18H28Cl2N6O2. The van der Waals surface area contributed by atoms with Crippen molar-refractivity contribution >= 4 is 42.3 Å². The molecule has 0 bridgehead atoms. The van der Waals surface area contributed by atoms with E-state index in [0.717, 1.165) is 6.54 Å². The highest BCUT2D eigenvalue weighted by molar-refractivity contribution is 5.98. The Labute approximate surface area is 177 Å². The number of benzene rings is 1. The number of nitrogens with zero attached hydrogens (tertiary/aromatic N) is 3. The molecule has 2 aromatic rings. The van der Waals surface area contributed by atoms with Crippen LogP contribution in [0.15, 0.2) is 42.7 Å². The summed E-state index contributed by atoms with van der Waals surface area (Å²) in [5, 5.41) is 9.65. The van der Waals surface area contributed by atoms with Crippen LogP contribution in [0.2, 0.25) is 0 Å². The summed E-state index contributed by atoms with van der Waals surface area (Å²) < 4.78 is 1.47. The first-order chi connectivity index (χ1) is 12.3. The zero-order valence-electron chi connectivity index (χ0n) is 16.2. The number of rotatable bonds is 8. The van der Waals surface area contributed by atoms with Gasteiger partial charge in [-0.1, -0.05) is 30.3 Å². The number of hydrogen-bond donors (Lipinski definition) is 3. The Morgan fingerprint density at radius 3 is 2.46 bits per heavy atom. The molecule has 0 saturated carbocycles. The van der Waals surface area contributed by atoms with Crippen LogP contribution < -0.4 is 16.4 Å². The number of likely N-dealkylation sites (N-methyl/N-ethyl adjacent to an activating group) is 1. The van der Waals surface area contributed by atoms with E-state index in [-0.39, 0.29) is 43.2 Å². The first-order valence-electron chi connectivity index (χ1n) is 8.39. The van der Waals surface area contributed by atoms with E-state index < -0.39 is 5.54 Å². The zero-order chi connectivity index (χ0) is 19.2. The zero-order valence-corrected chi connectivity index (χ0v) is 17.8. The predicted octanol–water partition coefficient (Wildman–Crippen LogP) is 1.22. The summed E-state index contributed by atoms with van der Waals surface area (Å²) in [5.41, 5.74) is 6.22. The largest absolute Gasteiger partial charge is 0.353 e. The molecule has 4 N–H and O–H groups in total. The van der Waals surface area contributed by atoms with Crippen molar-refractivity contribution in [2.45, 2.75) is 19.0 Å². The lowest BCUT2D eigenvalue weighted by Gasteiger charge is -2.23. The minimum atomic E-state index is -1.17. The highest BCUT2D eigenvalue weighted by atomic mass is 35.5. The summed E-state index contributed by atoms with van der Waals surface area (Å²) in [6, 6.07) is 9.15. The van der Waals surface area contributed by atoms with Crippen molar-refractivity contribution in [3.05, 3.63) is 48.3 Å². The molecule has 1 aromatic carbocycles. The van der Waals surface area contributed by atoms with E-state index in [0.29, 0.717) is 17.8 Å². The maximum atomic E-state index is 12.5. The number of nitrogens with one attached hydrogen (secondary N) is 2. The second-order valence-electron chi connectivity index (χ2n) is 6.60. The lowest BCUT2D eigenvalue weighted by Crippen LogP contribution is -2.45. The van der Waals surface area contributed by atoms with E-state index in [1.54, 1.807) is 25.3 Å². The van der Waals surface area contributed by atoms with Gasteiger partial charge in [0, 0.05) is 19.3 Å². The Morgan fingerprint density at radius 2 is 1.86 bits per heavy atom. The Hall–Kier alpha value is -2.13. The van der Waals surface area contributed by atoms with Gasteiger partial charge in [0.25, 0.3) is 0 Å². The second kappa shape index (κ2) is 11.7. The number of halogens is 2. The topological polar surface area (TPSA) is 105 Å². The molecule has 0 aliphatic carbocycles. The number of nitrogens with two attached hydrogens (primary N) is 1. The van der Waals surface area contributed by atoms with E-state index in [9.17, 15) is 9.59 Å². The Kier molecular flexibility index (Phi) is 10.8. The number of aromatic nitrogens is 2. The SMILES string of the molecule is CN(C)CCNC(=O)Cn1cc(NC(=O)C(C)(N)c2ccccc2)cn1.Cl.Cl. The average Bonchev–Trinajstić information content (AvgIpc) is 3.02. The molecule has 1 aromatic heterocycles. The summed E-state index contributed by atoms with van der Waals surface area (Å²) in [6.45, 7) is 3.07. The second-order valence-corrected chi connectivity index (χ2v) is 6.60. The summed E-state index contributed by atoms with van der Waals surface area (Å²) >= 11 is 0. The number of amides is 2. The van der Waals surface area contributed by atoms with Crippen molar-refractivity contribution < 1.29 is 9.59 Å².